The van der Waals surface area contributed by atoms with Gasteiger partial charge in [-0.2, -0.15) is 39.6 Å². The molecule has 0 fully saturated rings. The summed E-state index contributed by atoms with van der Waals surface area (Å²) in [5.41, 5.74) is 19.5. The molecule has 0 aliphatic carbocycles. The predicted octanol–water partition coefficient (Wildman–Crippen LogP) is 9.82. The fraction of sp³-hybridized carbons (Fsp3) is 0.263. The van der Waals surface area contributed by atoms with E-state index in [4.69, 9.17) is 67.4 Å². The molecule has 4 aromatic heterocycles. The smallest absolute Gasteiger partial charge is 0.343 e. The molecule has 0 aliphatic rings. The number of nitrogens with zero attached hydrogens (tertiary/aromatic N) is 15. The second-order valence-electron chi connectivity index (χ2n) is 21.8. The monoisotopic (exact) mass is 1180 g/mol. The average Bonchev–Trinajstić information content (AvgIpc) is 1.88. The van der Waals surface area contributed by atoms with Crippen molar-refractivity contribution in [2.75, 3.05) is 48.7 Å². The number of azo groups is 3. The number of benzene rings is 3. The van der Waals surface area contributed by atoms with Crippen LogP contribution in [0.15, 0.2) is 162 Å². The van der Waals surface area contributed by atoms with Crippen LogP contribution >= 0.6 is 0 Å². The van der Waals surface area contributed by atoms with Crippen LogP contribution in [0.4, 0.5) is 46.2 Å². The first-order valence-corrected chi connectivity index (χ1v) is 26.4. The van der Waals surface area contributed by atoms with E-state index in [1.54, 1.807) is 106 Å². The van der Waals surface area contributed by atoms with Crippen molar-refractivity contribution in [3.05, 3.63) is 148 Å². The van der Waals surface area contributed by atoms with Gasteiger partial charge in [0.05, 0.1) is 50.3 Å². The van der Waals surface area contributed by atoms with E-state index < -0.39 is 34.2 Å². The molecule has 0 aliphatic heterocycles. The lowest BCUT2D eigenvalue weighted by atomic mass is 9.88. The quantitative estimate of drug-likeness (QED) is 0.0106. The van der Waals surface area contributed by atoms with Gasteiger partial charge in [0.15, 0.2) is 40.5 Å². The Hall–Kier alpha value is -11.5. The van der Waals surface area contributed by atoms with Crippen LogP contribution in [0.2, 0.25) is 0 Å². The van der Waals surface area contributed by atoms with Crippen LogP contribution in [0.25, 0.3) is 17.6 Å². The fourth-order valence-electron chi connectivity index (χ4n) is 7.76. The number of carbonyl (C=O) groups is 3. The van der Waals surface area contributed by atoms with Gasteiger partial charge < -0.3 is 63.6 Å². The lowest BCUT2D eigenvalue weighted by Crippen LogP contribution is -2.26. The molecule has 7 aromatic rings. The number of methoxy groups -OCH3 is 3. The maximum absolute atomic E-state index is 13.1. The summed E-state index contributed by atoms with van der Waals surface area (Å²) < 4.78 is 18.7. The summed E-state index contributed by atoms with van der Waals surface area (Å²) in [6.07, 6.45) is 2.82. The van der Waals surface area contributed by atoms with Crippen LogP contribution in [0.1, 0.15) is 84.1 Å². The first kappa shape index (κ1) is 63.1. The van der Waals surface area contributed by atoms with Crippen molar-refractivity contribution in [3.8, 4) is 17.6 Å². The van der Waals surface area contributed by atoms with Crippen LogP contribution in [-0.4, -0.2) is 102 Å². The molecule has 0 saturated carbocycles. The molecule has 0 atom stereocenters. The summed E-state index contributed by atoms with van der Waals surface area (Å²) >= 11 is 0. The molecule has 0 amide bonds. The Balaban J connectivity index is 1.50. The van der Waals surface area contributed by atoms with Gasteiger partial charge in [0, 0.05) is 40.0 Å². The SMILES string of the molecule is COC(=O)\C(C=N)=C(/N=N/C(C(=N)C(C)(C)C)=C(\N)Nc1nc(-n2nc(C(C)(C)C)c(/N=N/C(Nc3ccccc3)=C(/C=N)C(=O)OC)c2N)nc(-n2nc(C(C)(C)C)c(/N=N/c3c(C(=O)OC)cnn3-c3ccccc3)c2N)n1)Nc1ccccc1. The Kier molecular flexibility index (Phi) is 19.2. The number of nitrogens with two attached hydrogens (primary N) is 3. The van der Waals surface area contributed by atoms with E-state index in [1.165, 1.54) is 22.7 Å². The molecular weight excluding hydrogens is 1120 g/mol. The van der Waals surface area contributed by atoms with E-state index >= 15 is 0 Å². The molecule has 4 heterocycles. The zero-order chi connectivity index (χ0) is 63.5. The maximum Gasteiger partial charge on any atom is 0.343 e. The molecule has 30 heteroatoms. The molecule has 87 heavy (non-hydrogen) atoms. The van der Waals surface area contributed by atoms with Gasteiger partial charge in [0.1, 0.15) is 28.2 Å². The zero-order valence-electron chi connectivity index (χ0n) is 49.8. The average molecular weight is 1180 g/mol. The highest BCUT2D eigenvalue weighted by atomic mass is 16.5. The van der Waals surface area contributed by atoms with Crippen molar-refractivity contribution < 1.29 is 28.6 Å². The van der Waals surface area contributed by atoms with Crippen molar-refractivity contribution in [3.63, 3.8) is 0 Å². The highest BCUT2D eigenvalue weighted by molar-refractivity contribution is 6.10. The van der Waals surface area contributed by atoms with Crippen molar-refractivity contribution >= 4 is 82.2 Å². The number of carbonyl (C=O) groups excluding carboxylic acids is 3. The van der Waals surface area contributed by atoms with Gasteiger partial charge >= 0.3 is 17.9 Å². The number of hydrogen-bond acceptors (Lipinski definition) is 27. The number of esters is 3. The predicted molar refractivity (Wildman–Crippen MR) is 327 cm³/mol. The first-order chi connectivity index (χ1) is 41.2. The molecule has 12 N–H and O–H groups in total. The van der Waals surface area contributed by atoms with Crippen molar-refractivity contribution in [1.82, 2.24) is 44.3 Å². The van der Waals surface area contributed by atoms with Gasteiger partial charge in [0.2, 0.25) is 5.95 Å². The molecule has 0 spiro atoms. The van der Waals surface area contributed by atoms with Gasteiger partial charge in [-0.05, 0) is 36.4 Å². The minimum Gasteiger partial charge on any atom is -0.465 e. The van der Waals surface area contributed by atoms with Crippen molar-refractivity contribution in [2.24, 2.45) is 41.8 Å². The molecular formula is C57H66N24O6. The van der Waals surface area contributed by atoms with E-state index in [0.717, 1.165) is 31.3 Å². The van der Waals surface area contributed by atoms with E-state index in [-0.39, 0.29) is 104 Å². The Morgan fingerprint density at radius 2 is 1.05 bits per heavy atom. The highest BCUT2D eigenvalue weighted by Gasteiger charge is 2.33. The number of allylic oxidation sites excluding steroid dienone is 1. The lowest BCUT2D eigenvalue weighted by Gasteiger charge is -2.21. The van der Waals surface area contributed by atoms with E-state index in [0.29, 0.717) is 17.1 Å². The zero-order valence-corrected chi connectivity index (χ0v) is 49.8. The fourth-order valence-corrected chi connectivity index (χ4v) is 7.76. The number of para-hydroxylation sites is 3. The number of nitrogens with one attached hydrogen (secondary N) is 6. The van der Waals surface area contributed by atoms with Gasteiger partial charge in [-0.3, -0.25) is 0 Å². The first-order valence-electron chi connectivity index (χ1n) is 26.4. The molecule has 0 bridgehead atoms. The second-order valence-corrected chi connectivity index (χ2v) is 21.8. The van der Waals surface area contributed by atoms with Crippen LogP contribution in [-0.2, 0) is 34.6 Å². The van der Waals surface area contributed by atoms with Gasteiger partial charge in [-0.1, -0.05) is 117 Å². The molecule has 0 saturated heterocycles. The molecule has 30 nitrogen and oxygen atoms in total. The van der Waals surface area contributed by atoms with Gasteiger partial charge in [-0.25, -0.2) is 19.1 Å². The topological polar surface area (TPSA) is 431 Å². The largest absolute Gasteiger partial charge is 0.465 e. The normalized spacial score (nSPS) is 13.0. The van der Waals surface area contributed by atoms with Crippen LogP contribution < -0.4 is 33.2 Å². The van der Waals surface area contributed by atoms with Gasteiger partial charge in [0.25, 0.3) is 11.9 Å². The van der Waals surface area contributed by atoms with E-state index in [2.05, 4.69) is 51.7 Å². The Bertz CT molecular complexity index is 3950. The third-order valence-corrected chi connectivity index (χ3v) is 12.3. The van der Waals surface area contributed by atoms with E-state index in [9.17, 15) is 19.8 Å². The molecule has 7 rings (SSSR count). The Morgan fingerprint density at radius 1 is 0.586 bits per heavy atom. The summed E-state index contributed by atoms with van der Waals surface area (Å²) in [6.45, 7) is 16.3. The Morgan fingerprint density at radius 3 is 1.48 bits per heavy atom. The summed E-state index contributed by atoms with van der Waals surface area (Å²) in [7, 11) is 3.53. The maximum atomic E-state index is 13.1. The van der Waals surface area contributed by atoms with Crippen LogP contribution in [0, 0.1) is 21.6 Å². The Labute approximate surface area is 499 Å². The third kappa shape index (κ3) is 14.5. The highest BCUT2D eigenvalue weighted by Crippen LogP contribution is 2.40. The third-order valence-electron chi connectivity index (χ3n) is 12.3. The summed E-state index contributed by atoms with van der Waals surface area (Å²) in [4.78, 5) is 53.4. The van der Waals surface area contributed by atoms with Crippen molar-refractivity contribution in [2.45, 2.75) is 73.1 Å². The van der Waals surface area contributed by atoms with Crippen LogP contribution in [0.5, 0.6) is 0 Å². The number of hydrogen-bond donors (Lipinski definition) is 9. The second kappa shape index (κ2) is 26.4. The summed E-state index contributed by atoms with van der Waals surface area (Å²) in [6, 6.07) is 26.3. The van der Waals surface area contributed by atoms with Crippen LogP contribution in [0.3, 0.4) is 0 Å². The number of ether oxygens (including phenoxy) is 3. The minimum absolute atomic E-state index is 0.00251. The number of nitrogen functional groups attached to an aromatic ring is 2. The van der Waals surface area contributed by atoms with Crippen molar-refractivity contribution in [1.29, 1.82) is 16.2 Å². The minimum atomic E-state index is -0.951. The molecule has 0 unspecified atom stereocenters. The molecule has 450 valence electrons. The molecule has 3 aromatic carbocycles. The number of anilines is 5. The summed E-state index contributed by atoms with van der Waals surface area (Å²) in [5, 5.41) is 75.6. The number of aromatic nitrogens is 9. The van der Waals surface area contributed by atoms with E-state index in [1.807, 2.05) is 47.6 Å². The number of rotatable bonds is 21. The summed E-state index contributed by atoms with van der Waals surface area (Å²) in [5.74, 6) is -4.49. The lowest BCUT2D eigenvalue weighted by molar-refractivity contribution is -0.136. The molecule has 0 radical (unpaired) electrons. The standard InChI is InChI=1S/C57H66N24O6/c1-55(2,3)40(60)37(71-74-46(34(28-58)49(82)85-10)65-31-22-16-13-17-23-31)43(61)67-52-68-53(80-44(62)38(41(77-80)56(4,5)6)72-75-47(35(29-59)50(83)86-11)66-32-24-18-14-19-25-32)70-54(69-52)81-45(63)39(42(78-81)57(7,8)9)73-76-48-36(51(84)87-12)30-64-79(48)33-26-20-15-21-27-33/h13-30,58-60,65-66H,61-63H2,1-12H3,(H,67,68,69,70)/b43-37+,46-34-,47-35-,58-28?,59-29?,60-40?,74-71+,75-72+,76-73+. The van der Waals surface area contributed by atoms with Gasteiger partial charge in [-0.15, -0.1) is 30.7 Å².